The van der Waals surface area contributed by atoms with Gasteiger partial charge in [0.05, 0.1) is 16.6 Å². The first-order chi connectivity index (χ1) is 9.67. The molecule has 7 nitrogen and oxygen atoms in total. The zero-order valence-corrected chi connectivity index (χ0v) is 12.3. The van der Waals surface area contributed by atoms with Gasteiger partial charge in [-0.1, -0.05) is 11.6 Å². The summed E-state index contributed by atoms with van der Waals surface area (Å²) in [6.07, 6.45) is 1.64. The van der Waals surface area contributed by atoms with Gasteiger partial charge in [-0.05, 0) is 34.1 Å². The van der Waals surface area contributed by atoms with Gasteiger partial charge in [0.1, 0.15) is 5.82 Å². The highest BCUT2D eigenvalue weighted by molar-refractivity contribution is 9.10. The van der Waals surface area contributed by atoms with Crippen molar-refractivity contribution in [3.8, 4) is 0 Å². The van der Waals surface area contributed by atoms with Crippen molar-refractivity contribution in [3.05, 3.63) is 33.9 Å². The van der Waals surface area contributed by atoms with E-state index in [-0.39, 0.29) is 5.95 Å². The molecule has 0 fully saturated rings. The number of H-pyrrole nitrogens is 1. The van der Waals surface area contributed by atoms with Crippen LogP contribution in [0.1, 0.15) is 0 Å². The van der Waals surface area contributed by atoms with Gasteiger partial charge in [-0.25, -0.2) is 5.84 Å². The largest absolute Gasteiger partial charge is 0.339 e. The second-order valence-electron chi connectivity index (χ2n) is 3.93. The molecule has 0 bridgehead atoms. The topological polar surface area (TPSA) is 105 Å². The monoisotopic (exact) mass is 353 g/mol. The molecule has 0 unspecified atom stereocenters. The number of fused-ring (bicyclic) bond motifs is 1. The van der Waals surface area contributed by atoms with E-state index in [2.05, 4.69) is 46.8 Å². The maximum atomic E-state index is 6.07. The van der Waals surface area contributed by atoms with Crippen molar-refractivity contribution in [1.29, 1.82) is 0 Å². The second kappa shape index (κ2) is 5.23. The van der Waals surface area contributed by atoms with E-state index in [4.69, 9.17) is 17.4 Å². The van der Waals surface area contributed by atoms with Crippen LogP contribution < -0.4 is 16.6 Å². The lowest BCUT2D eigenvalue weighted by molar-refractivity contribution is 1.08. The van der Waals surface area contributed by atoms with Gasteiger partial charge in [0, 0.05) is 10.2 Å². The Kier molecular flexibility index (Phi) is 3.43. The number of nitrogens with one attached hydrogen (secondary N) is 3. The fourth-order valence-electron chi connectivity index (χ4n) is 1.71. The van der Waals surface area contributed by atoms with E-state index in [1.165, 1.54) is 0 Å². The molecule has 3 rings (SSSR count). The molecule has 2 aromatic heterocycles. The first-order valence-corrected chi connectivity index (χ1v) is 6.74. The zero-order valence-electron chi connectivity index (χ0n) is 9.98. The molecule has 0 spiro atoms. The van der Waals surface area contributed by atoms with Crippen LogP contribution in [0.3, 0.4) is 0 Å². The number of nitrogen functional groups attached to an aromatic ring is 1. The third kappa shape index (κ3) is 2.40. The molecule has 0 aliphatic carbocycles. The van der Waals surface area contributed by atoms with Crippen LogP contribution in [0.2, 0.25) is 5.02 Å². The molecular formula is C11H9BrClN7. The lowest BCUT2D eigenvalue weighted by Crippen LogP contribution is -2.11. The average molecular weight is 355 g/mol. The molecule has 0 amide bonds. The van der Waals surface area contributed by atoms with E-state index in [1.807, 2.05) is 12.1 Å². The fraction of sp³-hybridized carbons (Fsp3) is 0. The van der Waals surface area contributed by atoms with Crippen LogP contribution in [0.25, 0.3) is 11.0 Å². The number of nitrogens with two attached hydrogens (primary N) is 1. The molecule has 0 atom stereocenters. The van der Waals surface area contributed by atoms with Crippen molar-refractivity contribution in [1.82, 2.24) is 20.2 Å². The Morgan fingerprint density at radius 1 is 1.30 bits per heavy atom. The molecule has 1 aromatic carbocycles. The summed E-state index contributed by atoms with van der Waals surface area (Å²) in [7, 11) is 0. The summed E-state index contributed by atoms with van der Waals surface area (Å²) in [6, 6.07) is 5.51. The minimum atomic E-state index is 0.285. The van der Waals surface area contributed by atoms with Crippen molar-refractivity contribution in [3.63, 3.8) is 0 Å². The van der Waals surface area contributed by atoms with Crippen LogP contribution in [0.5, 0.6) is 0 Å². The smallest absolute Gasteiger partial charge is 0.241 e. The molecule has 3 aromatic rings. The number of aromatic amines is 1. The van der Waals surface area contributed by atoms with Gasteiger partial charge in [-0.15, -0.1) is 0 Å². The van der Waals surface area contributed by atoms with Crippen LogP contribution >= 0.6 is 27.5 Å². The summed E-state index contributed by atoms with van der Waals surface area (Å²) >= 11 is 9.41. The second-order valence-corrected chi connectivity index (χ2v) is 5.19. The molecule has 0 radical (unpaired) electrons. The predicted molar refractivity (Wildman–Crippen MR) is 81.9 cm³/mol. The summed E-state index contributed by atoms with van der Waals surface area (Å²) in [5.41, 5.74) is 3.79. The minimum Gasteiger partial charge on any atom is -0.339 e. The van der Waals surface area contributed by atoms with Gasteiger partial charge in [-0.2, -0.15) is 15.1 Å². The lowest BCUT2D eigenvalue weighted by atomic mass is 10.3. The van der Waals surface area contributed by atoms with Crippen molar-refractivity contribution >= 4 is 56.0 Å². The Morgan fingerprint density at radius 2 is 2.15 bits per heavy atom. The van der Waals surface area contributed by atoms with Gasteiger partial charge in [0.2, 0.25) is 5.95 Å². The first-order valence-electron chi connectivity index (χ1n) is 5.57. The number of halogens is 2. The van der Waals surface area contributed by atoms with Gasteiger partial charge in [0.15, 0.2) is 5.65 Å². The average Bonchev–Trinajstić information content (AvgIpc) is 2.91. The predicted octanol–water partition coefficient (Wildman–Crippen LogP) is 2.80. The Bertz CT molecular complexity index is 773. The Labute approximate surface area is 127 Å². The van der Waals surface area contributed by atoms with Crippen molar-refractivity contribution in [2.75, 3.05) is 10.7 Å². The quantitative estimate of drug-likeness (QED) is 0.426. The summed E-state index contributed by atoms with van der Waals surface area (Å²) in [5, 5.41) is 11.2. The number of anilines is 3. The van der Waals surface area contributed by atoms with Crippen LogP contribution in [0.15, 0.2) is 28.9 Å². The summed E-state index contributed by atoms with van der Waals surface area (Å²) in [5.74, 6) is 6.21. The Morgan fingerprint density at radius 3 is 2.90 bits per heavy atom. The zero-order chi connectivity index (χ0) is 14.1. The highest BCUT2D eigenvalue weighted by atomic mass is 79.9. The van der Waals surface area contributed by atoms with Crippen LogP contribution in [0.4, 0.5) is 17.5 Å². The van der Waals surface area contributed by atoms with E-state index < -0.39 is 0 Å². The number of hydrogen-bond donors (Lipinski definition) is 4. The third-order valence-corrected chi connectivity index (χ3v) is 3.85. The van der Waals surface area contributed by atoms with Gasteiger partial charge in [-0.3, -0.25) is 10.5 Å². The SMILES string of the molecule is NNc1nc(Nc2ccc(Br)c(Cl)c2)c2cn[nH]c2n1. The van der Waals surface area contributed by atoms with Crippen LogP contribution in [-0.2, 0) is 0 Å². The number of benzene rings is 1. The van der Waals surface area contributed by atoms with E-state index >= 15 is 0 Å². The lowest BCUT2D eigenvalue weighted by Gasteiger charge is -2.09. The first kappa shape index (κ1) is 13.1. The summed E-state index contributed by atoms with van der Waals surface area (Å²) in [6.45, 7) is 0. The minimum absolute atomic E-state index is 0.285. The van der Waals surface area contributed by atoms with Gasteiger partial charge < -0.3 is 5.32 Å². The van der Waals surface area contributed by atoms with E-state index in [0.717, 1.165) is 15.5 Å². The highest BCUT2D eigenvalue weighted by Gasteiger charge is 2.09. The summed E-state index contributed by atoms with van der Waals surface area (Å²) < 4.78 is 0.824. The fourth-order valence-corrected chi connectivity index (χ4v) is 2.13. The number of aromatic nitrogens is 4. The molecule has 0 aliphatic heterocycles. The van der Waals surface area contributed by atoms with Crippen molar-refractivity contribution < 1.29 is 0 Å². The highest BCUT2D eigenvalue weighted by Crippen LogP contribution is 2.29. The van der Waals surface area contributed by atoms with Gasteiger partial charge in [0.25, 0.3) is 0 Å². The number of nitrogens with zero attached hydrogens (tertiary/aromatic N) is 3. The maximum Gasteiger partial charge on any atom is 0.241 e. The van der Waals surface area contributed by atoms with E-state index in [9.17, 15) is 0 Å². The molecule has 0 saturated heterocycles. The Balaban J connectivity index is 2.04. The molecule has 102 valence electrons. The van der Waals surface area contributed by atoms with Crippen molar-refractivity contribution in [2.45, 2.75) is 0 Å². The number of hydrazine groups is 1. The number of rotatable bonds is 3. The standard InChI is InChI=1S/C11H9BrClN7/c12-7-2-1-5(3-8(7)13)16-9-6-4-15-20-10(6)18-11(17-9)19-14/h1-4H,14H2,(H3,15,16,17,18,19,20). The molecule has 9 heteroatoms. The van der Waals surface area contributed by atoms with Crippen molar-refractivity contribution in [2.24, 2.45) is 5.84 Å². The van der Waals surface area contributed by atoms with E-state index in [0.29, 0.717) is 16.5 Å². The molecule has 0 saturated carbocycles. The third-order valence-electron chi connectivity index (χ3n) is 2.62. The van der Waals surface area contributed by atoms with Crippen LogP contribution in [-0.4, -0.2) is 20.2 Å². The molecule has 5 N–H and O–H groups in total. The van der Waals surface area contributed by atoms with Gasteiger partial charge >= 0.3 is 0 Å². The normalized spacial score (nSPS) is 10.8. The van der Waals surface area contributed by atoms with Crippen LogP contribution in [0, 0.1) is 0 Å². The molecule has 20 heavy (non-hydrogen) atoms. The molecular weight excluding hydrogens is 346 g/mol. The van der Waals surface area contributed by atoms with E-state index in [1.54, 1.807) is 12.3 Å². The Hall–Kier alpha value is -1.90. The maximum absolute atomic E-state index is 6.07. The molecule has 2 heterocycles. The number of hydrogen-bond acceptors (Lipinski definition) is 6. The molecule has 0 aliphatic rings. The summed E-state index contributed by atoms with van der Waals surface area (Å²) in [4.78, 5) is 8.41.